The van der Waals surface area contributed by atoms with Gasteiger partial charge in [-0.05, 0) is 69.2 Å². The summed E-state index contributed by atoms with van der Waals surface area (Å²) >= 11 is 12.1. The van der Waals surface area contributed by atoms with Gasteiger partial charge >= 0.3 is 0 Å². The van der Waals surface area contributed by atoms with Crippen LogP contribution in [0.2, 0.25) is 10.0 Å². The maximum absolute atomic E-state index is 6.57. The Morgan fingerprint density at radius 3 is 2.63 bits per heavy atom. The lowest BCUT2D eigenvalue weighted by Gasteiger charge is -2.39. The van der Waals surface area contributed by atoms with Crippen LogP contribution in [0.4, 0.5) is 0 Å². The SMILES string of the molecule is CCCCCN1CC[C@H](CCOc2ccc(Cl)c(Cl)c2)[C@H](OCC2CCCCC2)C1. The minimum atomic E-state index is 0.333. The van der Waals surface area contributed by atoms with Crippen LogP contribution in [0.25, 0.3) is 0 Å². The van der Waals surface area contributed by atoms with Crippen molar-refractivity contribution in [2.45, 2.75) is 77.2 Å². The Hall–Kier alpha value is -0.480. The first-order chi connectivity index (χ1) is 14.7. The summed E-state index contributed by atoms with van der Waals surface area (Å²) in [6.45, 7) is 7.39. The second-order valence-electron chi connectivity index (χ2n) is 9.15. The van der Waals surface area contributed by atoms with Gasteiger partial charge in [-0.2, -0.15) is 0 Å². The van der Waals surface area contributed by atoms with Gasteiger partial charge in [-0.25, -0.2) is 0 Å². The van der Waals surface area contributed by atoms with Crippen LogP contribution in [-0.4, -0.2) is 43.9 Å². The molecule has 0 N–H and O–H groups in total. The van der Waals surface area contributed by atoms with E-state index in [2.05, 4.69) is 11.8 Å². The fourth-order valence-electron chi connectivity index (χ4n) is 4.84. The van der Waals surface area contributed by atoms with Gasteiger partial charge in [-0.15, -0.1) is 0 Å². The highest BCUT2D eigenvalue weighted by Crippen LogP contribution is 2.30. The van der Waals surface area contributed by atoms with Crippen molar-refractivity contribution in [2.75, 3.05) is 32.8 Å². The van der Waals surface area contributed by atoms with E-state index in [0.717, 1.165) is 31.2 Å². The predicted molar refractivity (Wildman–Crippen MR) is 127 cm³/mol. The highest BCUT2D eigenvalue weighted by molar-refractivity contribution is 6.42. The predicted octanol–water partition coefficient (Wildman–Crippen LogP) is 7.24. The second kappa shape index (κ2) is 13.2. The van der Waals surface area contributed by atoms with Gasteiger partial charge < -0.3 is 14.4 Å². The third-order valence-corrected chi connectivity index (χ3v) is 7.52. The molecule has 0 aromatic heterocycles. The Kier molecular flexibility index (Phi) is 10.6. The summed E-state index contributed by atoms with van der Waals surface area (Å²) in [6, 6.07) is 5.49. The maximum atomic E-state index is 6.57. The smallest absolute Gasteiger partial charge is 0.120 e. The Balaban J connectivity index is 1.49. The van der Waals surface area contributed by atoms with Gasteiger partial charge in [0, 0.05) is 19.2 Å². The second-order valence-corrected chi connectivity index (χ2v) is 9.96. The fraction of sp³-hybridized carbons (Fsp3) is 0.760. The Morgan fingerprint density at radius 2 is 1.87 bits per heavy atom. The zero-order valence-corrected chi connectivity index (χ0v) is 20.1. The average Bonchev–Trinajstić information content (AvgIpc) is 2.77. The number of hydrogen-bond acceptors (Lipinski definition) is 3. The third-order valence-electron chi connectivity index (χ3n) is 6.78. The molecule has 1 saturated carbocycles. The molecule has 170 valence electrons. The molecule has 2 fully saturated rings. The summed E-state index contributed by atoms with van der Waals surface area (Å²) in [4.78, 5) is 2.62. The molecule has 5 heteroatoms. The number of unbranched alkanes of at least 4 members (excludes halogenated alkanes) is 2. The van der Waals surface area contributed by atoms with Crippen LogP contribution in [-0.2, 0) is 4.74 Å². The van der Waals surface area contributed by atoms with Crippen LogP contribution in [0.3, 0.4) is 0 Å². The van der Waals surface area contributed by atoms with Gasteiger partial charge in [0.25, 0.3) is 0 Å². The van der Waals surface area contributed by atoms with Crippen LogP contribution < -0.4 is 4.74 Å². The molecule has 1 aliphatic heterocycles. The average molecular weight is 456 g/mol. The van der Waals surface area contributed by atoms with Crippen LogP contribution in [0.5, 0.6) is 5.75 Å². The quantitative estimate of drug-likeness (QED) is 0.328. The lowest BCUT2D eigenvalue weighted by Crippen LogP contribution is -2.46. The van der Waals surface area contributed by atoms with Gasteiger partial charge in [-0.3, -0.25) is 0 Å². The van der Waals surface area contributed by atoms with Gasteiger partial charge in [0.2, 0.25) is 0 Å². The molecular weight excluding hydrogens is 417 g/mol. The van der Waals surface area contributed by atoms with Crippen LogP contribution in [0.15, 0.2) is 18.2 Å². The number of rotatable bonds is 11. The first-order valence-corrected chi connectivity index (χ1v) is 12.8. The van der Waals surface area contributed by atoms with Crippen LogP contribution in [0, 0.1) is 11.8 Å². The van der Waals surface area contributed by atoms with Crippen LogP contribution >= 0.6 is 23.2 Å². The van der Waals surface area contributed by atoms with Gasteiger partial charge in [0.1, 0.15) is 5.75 Å². The number of likely N-dealkylation sites (tertiary alicyclic amines) is 1. The molecule has 1 aromatic carbocycles. The third kappa shape index (κ3) is 7.89. The first kappa shape index (κ1) is 24.2. The number of halogens is 2. The van der Waals surface area contributed by atoms with Gasteiger partial charge in [-0.1, -0.05) is 62.2 Å². The van der Waals surface area contributed by atoms with Gasteiger partial charge in [0.15, 0.2) is 0 Å². The topological polar surface area (TPSA) is 21.7 Å². The van der Waals surface area contributed by atoms with Crippen LogP contribution in [0.1, 0.15) is 71.1 Å². The molecule has 0 unspecified atom stereocenters. The number of ether oxygens (including phenoxy) is 2. The standard InChI is InChI=1S/C25H39Cl2NO2/c1-2-3-7-14-28-15-12-21(13-16-29-22-10-11-23(26)24(27)17-22)25(18-28)30-19-20-8-5-4-6-9-20/h10-11,17,20-21,25H,2-9,12-16,18-19H2,1H3/t21-,25-/m1/s1. The summed E-state index contributed by atoms with van der Waals surface area (Å²) in [6.07, 6.45) is 13.3. The number of benzene rings is 1. The molecule has 2 atom stereocenters. The molecule has 0 bridgehead atoms. The van der Waals surface area contributed by atoms with Crippen molar-refractivity contribution in [2.24, 2.45) is 11.8 Å². The normalized spacial score (nSPS) is 23.6. The Bertz CT molecular complexity index is 621. The minimum Gasteiger partial charge on any atom is -0.494 e. The summed E-state index contributed by atoms with van der Waals surface area (Å²) < 4.78 is 12.6. The molecule has 3 nitrogen and oxygen atoms in total. The highest BCUT2D eigenvalue weighted by Gasteiger charge is 2.30. The highest BCUT2D eigenvalue weighted by atomic mass is 35.5. The van der Waals surface area contributed by atoms with Crippen molar-refractivity contribution in [3.8, 4) is 5.75 Å². The van der Waals surface area contributed by atoms with E-state index in [4.69, 9.17) is 32.7 Å². The Labute approximate surface area is 193 Å². The largest absolute Gasteiger partial charge is 0.494 e. The molecular formula is C25H39Cl2NO2. The van der Waals surface area contributed by atoms with E-state index in [1.54, 1.807) is 12.1 Å². The van der Waals surface area contributed by atoms with E-state index in [-0.39, 0.29) is 0 Å². The molecule has 1 saturated heterocycles. The van der Waals surface area contributed by atoms with Crippen molar-refractivity contribution in [1.82, 2.24) is 4.90 Å². The number of piperidine rings is 1. The summed E-state index contributed by atoms with van der Waals surface area (Å²) in [5, 5.41) is 1.11. The molecule has 1 aromatic rings. The number of nitrogens with zero attached hydrogens (tertiary/aromatic N) is 1. The Morgan fingerprint density at radius 1 is 1.03 bits per heavy atom. The molecule has 0 spiro atoms. The molecule has 2 aliphatic rings. The zero-order valence-electron chi connectivity index (χ0n) is 18.6. The lowest BCUT2D eigenvalue weighted by atomic mass is 9.88. The minimum absolute atomic E-state index is 0.333. The van der Waals surface area contributed by atoms with Crippen molar-refractivity contribution < 1.29 is 9.47 Å². The lowest BCUT2D eigenvalue weighted by molar-refractivity contribution is -0.0584. The first-order valence-electron chi connectivity index (χ1n) is 12.1. The molecule has 30 heavy (non-hydrogen) atoms. The van der Waals surface area contributed by atoms with Gasteiger partial charge in [0.05, 0.1) is 22.8 Å². The van der Waals surface area contributed by atoms with Crippen molar-refractivity contribution in [3.63, 3.8) is 0 Å². The molecule has 0 radical (unpaired) electrons. The van der Waals surface area contributed by atoms with E-state index >= 15 is 0 Å². The maximum Gasteiger partial charge on any atom is 0.120 e. The number of hydrogen-bond donors (Lipinski definition) is 0. The molecule has 1 aliphatic carbocycles. The molecule has 1 heterocycles. The molecule has 0 amide bonds. The van der Waals surface area contributed by atoms with Crippen molar-refractivity contribution in [1.29, 1.82) is 0 Å². The van der Waals surface area contributed by atoms with E-state index < -0.39 is 0 Å². The van der Waals surface area contributed by atoms with E-state index in [9.17, 15) is 0 Å². The van der Waals surface area contributed by atoms with E-state index in [0.29, 0.717) is 28.7 Å². The van der Waals surface area contributed by atoms with Crippen molar-refractivity contribution >= 4 is 23.2 Å². The van der Waals surface area contributed by atoms with Crippen molar-refractivity contribution in [3.05, 3.63) is 28.2 Å². The summed E-state index contributed by atoms with van der Waals surface area (Å²) in [5.41, 5.74) is 0. The molecule has 3 rings (SSSR count). The zero-order chi connectivity index (χ0) is 21.2. The summed E-state index contributed by atoms with van der Waals surface area (Å²) in [7, 11) is 0. The summed E-state index contributed by atoms with van der Waals surface area (Å²) in [5.74, 6) is 2.13. The van der Waals surface area contributed by atoms with E-state index in [1.165, 1.54) is 70.9 Å². The fourth-order valence-corrected chi connectivity index (χ4v) is 5.13. The van der Waals surface area contributed by atoms with E-state index in [1.807, 2.05) is 6.07 Å². The monoisotopic (exact) mass is 455 g/mol.